The van der Waals surface area contributed by atoms with Gasteiger partial charge >= 0.3 is 0 Å². The summed E-state index contributed by atoms with van der Waals surface area (Å²) in [6.45, 7) is 6.65. The molecular weight excluding hydrogens is 314 g/mol. The first-order valence-corrected chi connectivity index (χ1v) is 7.91. The lowest BCUT2D eigenvalue weighted by Gasteiger charge is -2.24. The minimum atomic E-state index is 0.185. The van der Waals surface area contributed by atoms with Gasteiger partial charge in [0.15, 0.2) is 4.67 Å². The standard InChI is InChI=1S/C17H22BrNO/c1-12(2)11-15(14-7-5-4-6-8-14)19-13(3)16-9-10-17(18)20-16/h4-10,12-13,15,19H,11H2,1-3H3. The lowest BCUT2D eigenvalue weighted by molar-refractivity contribution is 0.352. The minimum absolute atomic E-state index is 0.185. The van der Waals surface area contributed by atoms with Crippen molar-refractivity contribution < 1.29 is 4.42 Å². The Morgan fingerprint density at radius 3 is 2.30 bits per heavy atom. The summed E-state index contributed by atoms with van der Waals surface area (Å²) in [6, 6.07) is 15.1. The number of nitrogens with one attached hydrogen (secondary N) is 1. The van der Waals surface area contributed by atoms with Crippen molar-refractivity contribution in [3.8, 4) is 0 Å². The van der Waals surface area contributed by atoms with Crippen LogP contribution in [0.2, 0.25) is 0 Å². The molecule has 1 heterocycles. The Hall–Kier alpha value is -1.06. The summed E-state index contributed by atoms with van der Waals surface area (Å²) in [6.07, 6.45) is 1.11. The maximum atomic E-state index is 5.64. The normalized spacial score (nSPS) is 14.4. The monoisotopic (exact) mass is 335 g/mol. The minimum Gasteiger partial charge on any atom is -0.453 e. The molecule has 0 aliphatic carbocycles. The molecule has 1 N–H and O–H groups in total. The molecule has 2 unspecified atom stereocenters. The first-order chi connectivity index (χ1) is 9.56. The van der Waals surface area contributed by atoms with Crippen LogP contribution in [0.1, 0.15) is 50.6 Å². The summed E-state index contributed by atoms with van der Waals surface area (Å²) in [5.41, 5.74) is 1.33. The first-order valence-electron chi connectivity index (χ1n) is 7.12. The summed E-state index contributed by atoms with van der Waals surface area (Å²) < 4.78 is 6.42. The van der Waals surface area contributed by atoms with Crippen LogP contribution in [0.5, 0.6) is 0 Å². The fourth-order valence-electron chi connectivity index (χ4n) is 2.40. The fourth-order valence-corrected chi connectivity index (χ4v) is 2.72. The SMILES string of the molecule is CC(C)CC(NC(C)c1ccc(Br)o1)c1ccccc1. The molecule has 20 heavy (non-hydrogen) atoms. The molecule has 0 radical (unpaired) electrons. The van der Waals surface area contributed by atoms with Crippen molar-refractivity contribution in [1.29, 1.82) is 0 Å². The van der Waals surface area contributed by atoms with E-state index in [9.17, 15) is 0 Å². The average Bonchev–Trinajstić information content (AvgIpc) is 2.85. The molecule has 0 aliphatic rings. The molecule has 0 saturated heterocycles. The van der Waals surface area contributed by atoms with Crippen LogP contribution in [-0.4, -0.2) is 0 Å². The van der Waals surface area contributed by atoms with Gasteiger partial charge in [0.2, 0.25) is 0 Å². The number of rotatable bonds is 6. The van der Waals surface area contributed by atoms with E-state index in [1.165, 1.54) is 5.56 Å². The van der Waals surface area contributed by atoms with Gasteiger partial charge in [-0.25, -0.2) is 0 Å². The molecule has 0 aliphatic heterocycles. The Morgan fingerprint density at radius 1 is 1.05 bits per heavy atom. The lowest BCUT2D eigenvalue weighted by Crippen LogP contribution is -2.25. The summed E-state index contributed by atoms with van der Waals surface area (Å²) in [5, 5.41) is 3.68. The number of benzene rings is 1. The van der Waals surface area contributed by atoms with E-state index in [-0.39, 0.29) is 6.04 Å². The highest BCUT2D eigenvalue weighted by molar-refractivity contribution is 9.10. The van der Waals surface area contributed by atoms with Crippen LogP contribution in [0.4, 0.5) is 0 Å². The molecule has 0 saturated carbocycles. The van der Waals surface area contributed by atoms with Gasteiger partial charge in [0.05, 0.1) is 6.04 Å². The van der Waals surface area contributed by atoms with Gasteiger partial charge in [-0.1, -0.05) is 44.2 Å². The number of halogens is 1. The third-order valence-corrected chi connectivity index (χ3v) is 3.81. The predicted molar refractivity (Wildman–Crippen MR) is 86.6 cm³/mol. The smallest absolute Gasteiger partial charge is 0.169 e. The number of hydrogen-bond acceptors (Lipinski definition) is 2. The van der Waals surface area contributed by atoms with E-state index in [0.29, 0.717) is 12.0 Å². The van der Waals surface area contributed by atoms with E-state index >= 15 is 0 Å². The molecule has 2 aromatic rings. The average molecular weight is 336 g/mol. The van der Waals surface area contributed by atoms with Crippen molar-refractivity contribution in [1.82, 2.24) is 5.32 Å². The second-order valence-corrected chi connectivity index (χ2v) is 6.40. The van der Waals surface area contributed by atoms with Crippen LogP contribution in [0, 0.1) is 5.92 Å². The van der Waals surface area contributed by atoms with Crippen molar-refractivity contribution in [2.45, 2.75) is 39.3 Å². The molecule has 0 amide bonds. The van der Waals surface area contributed by atoms with Gasteiger partial charge in [0.1, 0.15) is 5.76 Å². The largest absolute Gasteiger partial charge is 0.453 e. The molecule has 2 nitrogen and oxygen atoms in total. The van der Waals surface area contributed by atoms with Crippen LogP contribution >= 0.6 is 15.9 Å². The Balaban J connectivity index is 2.11. The highest BCUT2D eigenvalue weighted by Gasteiger charge is 2.18. The van der Waals surface area contributed by atoms with Gasteiger partial charge in [0, 0.05) is 6.04 Å². The van der Waals surface area contributed by atoms with Gasteiger partial charge in [-0.3, -0.25) is 0 Å². The zero-order valence-electron chi connectivity index (χ0n) is 12.3. The molecule has 0 bridgehead atoms. The van der Waals surface area contributed by atoms with E-state index in [2.05, 4.69) is 72.3 Å². The molecule has 0 fully saturated rings. The predicted octanol–water partition coefficient (Wildman–Crippen LogP) is 5.48. The van der Waals surface area contributed by atoms with Crippen LogP contribution in [-0.2, 0) is 0 Å². The second kappa shape index (κ2) is 7.09. The van der Waals surface area contributed by atoms with E-state index in [0.717, 1.165) is 16.9 Å². The van der Waals surface area contributed by atoms with E-state index in [4.69, 9.17) is 4.42 Å². The number of furan rings is 1. The van der Waals surface area contributed by atoms with Crippen molar-refractivity contribution in [2.24, 2.45) is 5.92 Å². The Labute approximate surface area is 129 Å². The molecule has 0 spiro atoms. The third-order valence-electron chi connectivity index (χ3n) is 3.38. The first kappa shape index (κ1) is 15.3. The molecule has 1 aromatic heterocycles. The topological polar surface area (TPSA) is 25.2 Å². The highest BCUT2D eigenvalue weighted by atomic mass is 79.9. The van der Waals surface area contributed by atoms with Gasteiger partial charge in [-0.05, 0) is 52.9 Å². The van der Waals surface area contributed by atoms with Gasteiger partial charge in [0.25, 0.3) is 0 Å². The maximum absolute atomic E-state index is 5.64. The van der Waals surface area contributed by atoms with Crippen molar-refractivity contribution in [2.75, 3.05) is 0 Å². The van der Waals surface area contributed by atoms with Crippen molar-refractivity contribution >= 4 is 15.9 Å². The Bertz CT molecular complexity index is 521. The summed E-state index contributed by atoms with van der Waals surface area (Å²) >= 11 is 3.36. The zero-order chi connectivity index (χ0) is 14.5. The van der Waals surface area contributed by atoms with Crippen LogP contribution in [0.3, 0.4) is 0 Å². The lowest BCUT2D eigenvalue weighted by atomic mass is 9.96. The van der Waals surface area contributed by atoms with Crippen LogP contribution < -0.4 is 5.32 Å². The van der Waals surface area contributed by atoms with Crippen molar-refractivity contribution in [3.05, 3.63) is 58.5 Å². The zero-order valence-corrected chi connectivity index (χ0v) is 13.9. The summed E-state index contributed by atoms with van der Waals surface area (Å²) in [5.74, 6) is 1.60. The summed E-state index contributed by atoms with van der Waals surface area (Å²) in [7, 11) is 0. The molecule has 3 heteroatoms. The Morgan fingerprint density at radius 2 is 1.75 bits per heavy atom. The van der Waals surface area contributed by atoms with E-state index < -0.39 is 0 Å². The van der Waals surface area contributed by atoms with Crippen LogP contribution in [0.15, 0.2) is 51.6 Å². The van der Waals surface area contributed by atoms with Crippen LogP contribution in [0.25, 0.3) is 0 Å². The van der Waals surface area contributed by atoms with Gasteiger partial charge < -0.3 is 9.73 Å². The highest BCUT2D eigenvalue weighted by Crippen LogP contribution is 2.27. The second-order valence-electron chi connectivity index (χ2n) is 5.62. The molecule has 108 valence electrons. The fraction of sp³-hybridized carbons (Fsp3) is 0.412. The molecule has 2 rings (SSSR count). The molecule has 2 atom stereocenters. The van der Waals surface area contributed by atoms with E-state index in [1.54, 1.807) is 0 Å². The quantitative estimate of drug-likeness (QED) is 0.755. The van der Waals surface area contributed by atoms with Crippen molar-refractivity contribution in [3.63, 3.8) is 0 Å². The Kier molecular flexibility index (Phi) is 5.44. The van der Waals surface area contributed by atoms with E-state index in [1.807, 2.05) is 12.1 Å². The van der Waals surface area contributed by atoms with Gasteiger partial charge in [-0.2, -0.15) is 0 Å². The third kappa shape index (κ3) is 4.22. The molecule has 1 aromatic carbocycles. The molecular formula is C17H22BrNO. The maximum Gasteiger partial charge on any atom is 0.169 e. The number of hydrogen-bond donors (Lipinski definition) is 1. The summed E-state index contributed by atoms with van der Waals surface area (Å²) in [4.78, 5) is 0. The van der Waals surface area contributed by atoms with Gasteiger partial charge in [-0.15, -0.1) is 0 Å².